The van der Waals surface area contributed by atoms with Gasteiger partial charge in [-0.1, -0.05) is 42.5 Å². The summed E-state index contributed by atoms with van der Waals surface area (Å²) in [5.74, 6) is 0.516. The molecule has 0 radical (unpaired) electrons. The van der Waals surface area contributed by atoms with E-state index in [0.717, 1.165) is 11.1 Å². The Morgan fingerprint density at radius 3 is 2.47 bits per heavy atom. The summed E-state index contributed by atoms with van der Waals surface area (Å²) in [7, 11) is 1.55. The number of rotatable bonds is 8. The van der Waals surface area contributed by atoms with Crippen molar-refractivity contribution in [3.63, 3.8) is 0 Å². The molecule has 0 aliphatic heterocycles. The Morgan fingerprint density at radius 2 is 1.70 bits per heavy atom. The lowest BCUT2D eigenvalue weighted by molar-refractivity contribution is -0.118. The Kier molecular flexibility index (Phi) is 7.05. The summed E-state index contributed by atoms with van der Waals surface area (Å²) in [6.07, 6.45) is 0. The lowest BCUT2D eigenvalue weighted by Crippen LogP contribution is -2.23. The first-order chi connectivity index (χ1) is 14.5. The zero-order valence-electron chi connectivity index (χ0n) is 17.0. The molecule has 0 saturated carbocycles. The summed E-state index contributed by atoms with van der Waals surface area (Å²) in [6.45, 7) is 2.20. The molecule has 0 fully saturated rings. The number of hydrogen-bond donors (Lipinski definition) is 2. The smallest absolute Gasteiger partial charge is 0.262 e. The van der Waals surface area contributed by atoms with Gasteiger partial charge in [-0.15, -0.1) is 0 Å². The maximum absolute atomic E-state index is 12.4. The van der Waals surface area contributed by atoms with Crippen molar-refractivity contribution in [2.45, 2.75) is 13.5 Å². The second-order valence-electron chi connectivity index (χ2n) is 6.74. The van der Waals surface area contributed by atoms with Crippen molar-refractivity contribution >= 4 is 17.5 Å². The number of anilines is 1. The van der Waals surface area contributed by atoms with Crippen LogP contribution in [0.2, 0.25) is 0 Å². The minimum absolute atomic E-state index is 0.177. The number of aryl methyl sites for hydroxylation is 1. The van der Waals surface area contributed by atoms with Gasteiger partial charge in [0.25, 0.3) is 11.8 Å². The van der Waals surface area contributed by atoms with Crippen LogP contribution in [0.15, 0.2) is 72.8 Å². The molecule has 0 aromatic heterocycles. The molecule has 30 heavy (non-hydrogen) atoms. The molecule has 0 aliphatic carbocycles. The van der Waals surface area contributed by atoms with E-state index in [9.17, 15) is 9.59 Å². The molecule has 3 aromatic carbocycles. The summed E-state index contributed by atoms with van der Waals surface area (Å²) in [6, 6.07) is 21.9. The lowest BCUT2D eigenvalue weighted by Gasteiger charge is -2.12. The first kappa shape index (κ1) is 20.9. The van der Waals surface area contributed by atoms with E-state index in [1.54, 1.807) is 37.4 Å². The first-order valence-electron chi connectivity index (χ1n) is 9.54. The summed E-state index contributed by atoms with van der Waals surface area (Å²) < 4.78 is 10.8. The fraction of sp³-hybridized carbons (Fsp3) is 0.167. The van der Waals surface area contributed by atoms with Gasteiger partial charge in [-0.3, -0.25) is 9.59 Å². The van der Waals surface area contributed by atoms with Crippen LogP contribution in [0.5, 0.6) is 11.5 Å². The average Bonchev–Trinajstić information content (AvgIpc) is 2.77. The molecule has 2 amide bonds. The highest BCUT2D eigenvalue weighted by Crippen LogP contribution is 2.27. The zero-order valence-corrected chi connectivity index (χ0v) is 17.0. The molecule has 0 aliphatic rings. The summed E-state index contributed by atoms with van der Waals surface area (Å²) in [5, 5.41) is 5.61. The average molecular weight is 404 g/mol. The van der Waals surface area contributed by atoms with Crippen molar-refractivity contribution in [2.24, 2.45) is 0 Å². The van der Waals surface area contributed by atoms with Gasteiger partial charge >= 0.3 is 0 Å². The number of benzene rings is 3. The van der Waals surface area contributed by atoms with Gasteiger partial charge in [0.05, 0.1) is 7.11 Å². The lowest BCUT2D eigenvalue weighted by atomic mass is 10.1. The van der Waals surface area contributed by atoms with E-state index in [-0.39, 0.29) is 18.4 Å². The highest BCUT2D eigenvalue weighted by Gasteiger charge is 2.10. The van der Waals surface area contributed by atoms with Crippen molar-refractivity contribution in [1.29, 1.82) is 0 Å². The van der Waals surface area contributed by atoms with E-state index in [1.807, 2.05) is 49.4 Å². The number of carbonyl (C=O) groups excluding carboxylic acids is 2. The van der Waals surface area contributed by atoms with E-state index < -0.39 is 0 Å². The van der Waals surface area contributed by atoms with Crippen LogP contribution in [0, 0.1) is 6.92 Å². The van der Waals surface area contributed by atoms with E-state index in [0.29, 0.717) is 29.3 Å². The van der Waals surface area contributed by atoms with Gasteiger partial charge in [0.15, 0.2) is 18.1 Å². The second-order valence-corrected chi connectivity index (χ2v) is 6.74. The Labute approximate surface area is 175 Å². The Bertz CT molecular complexity index is 1020. The molecule has 0 spiro atoms. The van der Waals surface area contributed by atoms with E-state index >= 15 is 0 Å². The topological polar surface area (TPSA) is 76.7 Å². The van der Waals surface area contributed by atoms with Gasteiger partial charge in [-0.2, -0.15) is 0 Å². The van der Waals surface area contributed by atoms with Crippen LogP contribution in [0.4, 0.5) is 5.69 Å². The van der Waals surface area contributed by atoms with Gasteiger partial charge in [-0.05, 0) is 48.4 Å². The number of hydrogen-bond acceptors (Lipinski definition) is 4. The maximum atomic E-state index is 12.4. The van der Waals surface area contributed by atoms with Crippen LogP contribution in [-0.2, 0) is 11.3 Å². The largest absolute Gasteiger partial charge is 0.493 e. The molecule has 6 nitrogen and oxygen atoms in total. The third kappa shape index (κ3) is 5.85. The van der Waals surface area contributed by atoms with Crippen LogP contribution in [0.1, 0.15) is 21.5 Å². The van der Waals surface area contributed by atoms with Crippen molar-refractivity contribution in [3.8, 4) is 11.5 Å². The molecular weight excluding hydrogens is 380 g/mol. The normalized spacial score (nSPS) is 10.2. The Morgan fingerprint density at radius 1 is 0.900 bits per heavy atom. The molecule has 3 aromatic rings. The summed E-state index contributed by atoms with van der Waals surface area (Å²) in [5.41, 5.74) is 3.03. The highest BCUT2D eigenvalue weighted by molar-refractivity contribution is 5.97. The number of nitrogens with one attached hydrogen (secondary N) is 2. The molecule has 154 valence electrons. The minimum atomic E-state index is -0.334. The van der Waals surface area contributed by atoms with Crippen molar-refractivity contribution < 1.29 is 19.1 Å². The minimum Gasteiger partial charge on any atom is -0.493 e. The predicted molar refractivity (Wildman–Crippen MR) is 116 cm³/mol. The van der Waals surface area contributed by atoms with Crippen LogP contribution in [0.25, 0.3) is 0 Å². The molecule has 0 unspecified atom stereocenters. The number of methoxy groups -OCH3 is 1. The van der Waals surface area contributed by atoms with Crippen molar-refractivity contribution in [2.75, 3.05) is 19.0 Å². The Hall–Kier alpha value is -3.80. The summed E-state index contributed by atoms with van der Waals surface area (Å²) in [4.78, 5) is 24.7. The van der Waals surface area contributed by atoms with Gasteiger partial charge in [-0.25, -0.2) is 0 Å². The van der Waals surface area contributed by atoms with E-state index in [4.69, 9.17) is 9.47 Å². The van der Waals surface area contributed by atoms with Crippen molar-refractivity contribution in [3.05, 3.63) is 89.5 Å². The zero-order chi connectivity index (χ0) is 21.3. The van der Waals surface area contributed by atoms with E-state index in [1.165, 1.54) is 0 Å². The van der Waals surface area contributed by atoms with Gasteiger partial charge in [0, 0.05) is 17.8 Å². The predicted octanol–water partition coefficient (Wildman–Crippen LogP) is 3.95. The maximum Gasteiger partial charge on any atom is 0.262 e. The molecule has 0 bridgehead atoms. The van der Waals surface area contributed by atoms with Crippen LogP contribution >= 0.6 is 0 Å². The number of ether oxygens (including phenoxy) is 2. The molecule has 6 heteroatoms. The fourth-order valence-corrected chi connectivity index (χ4v) is 2.85. The standard InChI is InChI=1S/C24H24N2O4/c1-17-11-12-21(22(13-17)29-2)30-16-23(27)26-20-10-6-9-19(14-20)24(28)25-15-18-7-4-3-5-8-18/h3-14H,15-16H2,1-2H3,(H,25,28)(H,26,27). The first-order valence-corrected chi connectivity index (χ1v) is 9.54. The third-order valence-corrected chi connectivity index (χ3v) is 4.38. The van der Waals surface area contributed by atoms with Crippen LogP contribution in [0.3, 0.4) is 0 Å². The quantitative estimate of drug-likeness (QED) is 0.596. The Balaban J connectivity index is 1.55. The molecule has 0 heterocycles. The molecule has 3 rings (SSSR count). The molecule has 0 saturated heterocycles. The number of carbonyl (C=O) groups is 2. The van der Waals surface area contributed by atoms with Gasteiger partial charge in [0.1, 0.15) is 0 Å². The molecular formula is C24H24N2O4. The fourth-order valence-electron chi connectivity index (χ4n) is 2.85. The molecule has 0 atom stereocenters. The van der Waals surface area contributed by atoms with E-state index in [2.05, 4.69) is 10.6 Å². The van der Waals surface area contributed by atoms with Gasteiger partial charge < -0.3 is 20.1 Å². The third-order valence-electron chi connectivity index (χ3n) is 4.38. The summed E-state index contributed by atoms with van der Waals surface area (Å²) >= 11 is 0. The molecule has 2 N–H and O–H groups in total. The second kappa shape index (κ2) is 10.1. The van der Waals surface area contributed by atoms with Crippen molar-refractivity contribution in [1.82, 2.24) is 5.32 Å². The monoisotopic (exact) mass is 404 g/mol. The van der Waals surface area contributed by atoms with Gasteiger partial charge in [0.2, 0.25) is 0 Å². The SMILES string of the molecule is COc1cc(C)ccc1OCC(=O)Nc1cccc(C(=O)NCc2ccccc2)c1. The van der Waals surface area contributed by atoms with Crippen LogP contribution in [-0.4, -0.2) is 25.5 Å². The highest BCUT2D eigenvalue weighted by atomic mass is 16.5. The number of amides is 2. The van der Waals surface area contributed by atoms with Crippen LogP contribution < -0.4 is 20.1 Å².